The monoisotopic (exact) mass is 285 g/mol. The summed E-state index contributed by atoms with van der Waals surface area (Å²) in [5.74, 6) is 0.611. The molecule has 1 aliphatic rings. The van der Waals surface area contributed by atoms with E-state index in [2.05, 4.69) is 55.4 Å². The summed E-state index contributed by atoms with van der Waals surface area (Å²) >= 11 is 5.97. The van der Waals surface area contributed by atoms with Crippen molar-refractivity contribution in [3.63, 3.8) is 0 Å². The van der Waals surface area contributed by atoms with Crippen molar-refractivity contribution in [2.75, 3.05) is 14.1 Å². The first-order valence-electron chi connectivity index (χ1n) is 7.15. The Bertz CT molecular complexity index is 589. The summed E-state index contributed by atoms with van der Waals surface area (Å²) in [6, 6.07) is 17.7. The maximum atomic E-state index is 5.97. The minimum Gasteiger partial charge on any atom is -0.302 e. The molecule has 20 heavy (non-hydrogen) atoms. The van der Waals surface area contributed by atoms with E-state index in [0.717, 1.165) is 11.4 Å². The van der Waals surface area contributed by atoms with Gasteiger partial charge in [-0.25, -0.2) is 0 Å². The van der Waals surface area contributed by atoms with Gasteiger partial charge in [0, 0.05) is 11.1 Å². The van der Waals surface area contributed by atoms with Crippen molar-refractivity contribution in [2.24, 2.45) is 0 Å². The Morgan fingerprint density at radius 1 is 1.00 bits per heavy atom. The van der Waals surface area contributed by atoms with Crippen molar-refractivity contribution in [1.82, 2.24) is 4.90 Å². The van der Waals surface area contributed by atoms with Gasteiger partial charge in [0.1, 0.15) is 0 Å². The molecule has 2 heteroatoms. The fourth-order valence-electron chi connectivity index (χ4n) is 3.30. The lowest BCUT2D eigenvalue weighted by atomic mass is 9.94. The van der Waals surface area contributed by atoms with Crippen LogP contribution in [0.4, 0.5) is 0 Å². The predicted octanol–water partition coefficient (Wildman–Crippen LogP) is 4.67. The SMILES string of the molecule is CN(C)[C@@H]1C[C@@H](Cc2ccc(Cl)cc2)c2ccccc21. The van der Waals surface area contributed by atoms with E-state index >= 15 is 0 Å². The molecule has 0 spiro atoms. The van der Waals surface area contributed by atoms with Crippen LogP contribution in [0.2, 0.25) is 5.02 Å². The molecule has 0 amide bonds. The molecule has 0 N–H and O–H groups in total. The molecular formula is C18H20ClN. The van der Waals surface area contributed by atoms with Gasteiger partial charge in [-0.2, -0.15) is 0 Å². The third-order valence-corrected chi connectivity index (χ3v) is 4.57. The van der Waals surface area contributed by atoms with Gasteiger partial charge in [0.05, 0.1) is 0 Å². The Balaban J connectivity index is 1.86. The van der Waals surface area contributed by atoms with Gasteiger partial charge in [-0.05, 0) is 61.7 Å². The van der Waals surface area contributed by atoms with Crippen molar-refractivity contribution in [3.8, 4) is 0 Å². The van der Waals surface area contributed by atoms with Crippen LogP contribution in [0, 0.1) is 0 Å². The summed E-state index contributed by atoms with van der Waals surface area (Å²) in [5.41, 5.74) is 4.38. The van der Waals surface area contributed by atoms with E-state index in [1.54, 1.807) is 0 Å². The zero-order valence-electron chi connectivity index (χ0n) is 12.0. The van der Waals surface area contributed by atoms with Gasteiger partial charge in [-0.1, -0.05) is 48.0 Å². The second kappa shape index (κ2) is 5.59. The van der Waals surface area contributed by atoms with Gasteiger partial charge in [-0.15, -0.1) is 0 Å². The molecule has 2 aromatic rings. The van der Waals surface area contributed by atoms with Crippen LogP contribution in [0.25, 0.3) is 0 Å². The number of halogens is 1. The Labute approximate surface area is 126 Å². The van der Waals surface area contributed by atoms with E-state index in [4.69, 9.17) is 11.6 Å². The lowest BCUT2D eigenvalue weighted by Crippen LogP contribution is -2.17. The molecule has 0 fully saturated rings. The highest BCUT2D eigenvalue weighted by Crippen LogP contribution is 2.44. The maximum absolute atomic E-state index is 5.97. The van der Waals surface area contributed by atoms with Gasteiger partial charge in [0.2, 0.25) is 0 Å². The van der Waals surface area contributed by atoms with Crippen LogP contribution in [-0.2, 0) is 6.42 Å². The molecule has 2 atom stereocenters. The minimum atomic E-state index is 0.545. The molecule has 104 valence electrons. The van der Waals surface area contributed by atoms with Crippen LogP contribution in [-0.4, -0.2) is 19.0 Å². The highest BCUT2D eigenvalue weighted by molar-refractivity contribution is 6.30. The molecule has 0 bridgehead atoms. The highest BCUT2D eigenvalue weighted by Gasteiger charge is 2.31. The van der Waals surface area contributed by atoms with Crippen LogP contribution in [0.1, 0.15) is 35.1 Å². The highest BCUT2D eigenvalue weighted by atomic mass is 35.5. The Morgan fingerprint density at radius 3 is 2.30 bits per heavy atom. The quantitative estimate of drug-likeness (QED) is 0.792. The van der Waals surface area contributed by atoms with Gasteiger partial charge in [0.25, 0.3) is 0 Å². The fraction of sp³-hybridized carbons (Fsp3) is 0.333. The Hall–Kier alpha value is -1.31. The average molecular weight is 286 g/mol. The van der Waals surface area contributed by atoms with Crippen molar-refractivity contribution >= 4 is 11.6 Å². The standard InChI is InChI=1S/C18H20ClN/c1-20(2)18-12-14(16-5-3-4-6-17(16)18)11-13-7-9-15(19)10-8-13/h3-10,14,18H,11-12H2,1-2H3/t14-,18-/m1/s1. The van der Waals surface area contributed by atoms with Gasteiger partial charge >= 0.3 is 0 Å². The first kappa shape index (κ1) is 13.7. The summed E-state index contributed by atoms with van der Waals surface area (Å²) in [5, 5.41) is 0.812. The largest absolute Gasteiger partial charge is 0.302 e. The van der Waals surface area contributed by atoms with Crippen LogP contribution < -0.4 is 0 Å². The minimum absolute atomic E-state index is 0.545. The van der Waals surface area contributed by atoms with E-state index in [0.29, 0.717) is 12.0 Å². The second-order valence-corrected chi connectivity index (χ2v) is 6.31. The fourth-order valence-corrected chi connectivity index (χ4v) is 3.42. The smallest absolute Gasteiger partial charge is 0.0406 e. The second-order valence-electron chi connectivity index (χ2n) is 5.87. The molecule has 3 rings (SSSR count). The summed E-state index contributed by atoms with van der Waals surface area (Å²) < 4.78 is 0. The van der Waals surface area contributed by atoms with Gasteiger partial charge in [-0.3, -0.25) is 0 Å². The number of benzene rings is 2. The van der Waals surface area contributed by atoms with Crippen molar-refractivity contribution < 1.29 is 0 Å². The van der Waals surface area contributed by atoms with E-state index < -0.39 is 0 Å². The molecule has 2 aromatic carbocycles. The molecule has 0 unspecified atom stereocenters. The van der Waals surface area contributed by atoms with Crippen molar-refractivity contribution in [3.05, 3.63) is 70.2 Å². The van der Waals surface area contributed by atoms with Crippen LogP contribution in [0.15, 0.2) is 48.5 Å². The molecule has 1 aliphatic carbocycles. The van der Waals surface area contributed by atoms with Crippen molar-refractivity contribution in [1.29, 1.82) is 0 Å². The zero-order valence-corrected chi connectivity index (χ0v) is 12.8. The first-order chi connectivity index (χ1) is 9.65. The number of hydrogen-bond acceptors (Lipinski definition) is 1. The van der Waals surface area contributed by atoms with Gasteiger partial charge < -0.3 is 4.90 Å². The molecule has 0 heterocycles. The van der Waals surface area contributed by atoms with Crippen molar-refractivity contribution in [2.45, 2.75) is 24.8 Å². The molecule has 0 radical (unpaired) electrons. The molecule has 0 saturated heterocycles. The van der Waals surface area contributed by atoms with E-state index in [1.165, 1.54) is 23.1 Å². The third kappa shape index (κ3) is 2.61. The summed E-state index contributed by atoms with van der Waals surface area (Å²) in [4.78, 5) is 2.33. The number of nitrogens with zero attached hydrogens (tertiary/aromatic N) is 1. The van der Waals surface area contributed by atoms with E-state index in [-0.39, 0.29) is 0 Å². The lowest BCUT2D eigenvalue weighted by Gasteiger charge is -2.20. The van der Waals surface area contributed by atoms with Crippen LogP contribution >= 0.6 is 11.6 Å². The number of fused-ring (bicyclic) bond motifs is 1. The summed E-state index contributed by atoms with van der Waals surface area (Å²) in [7, 11) is 4.35. The van der Waals surface area contributed by atoms with E-state index in [9.17, 15) is 0 Å². The molecular weight excluding hydrogens is 266 g/mol. The summed E-state index contributed by atoms with van der Waals surface area (Å²) in [6.07, 6.45) is 2.30. The first-order valence-corrected chi connectivity index (χ1v) is 7.52. The normalized spacial score (nSPS) is 21.2. The number of hydrogen-bond donors (Lipinski definition) is 0. The Kier molecular flexibility index (Phi) is 3.82. The molecule has 0 saturated carbocycles. The molecule has 1 nitrogen and oxygen atoms in total. The van der Waals surface area contributed by atoms with Crippen LogP contribution in [0.5, 0.6) is 0 Å². The predicted molar refractivity (Wildman–Crippen MR) is 85.4 cm³/mol. The number of rotatable bonds is 3. The average Bonchev–Trinajstić information content (AvgIpc) is 2.81. The maximum Gasteiger partial charge on any atom is 0.0406 e. The zero-order chi connectivity index (χ0) is 14.1. The van der Waals surface area contributed by atoms with Gasteiger partial charge in [0.15, 0.2) is 0 Å². The topological polar surface area (TPSA) is 3.24 Å². The third-order valence-electron chi connectivity index (χ3n) is 4.32. The van der Waals surface area contributed by atoms with Crippen LogP contribution in [0.3, 0.4) is 0 Å². The summed E-state index contributed by atoms with van der Waals surface area (Å²) in [6.45, 7) is 0. The Morgan fingerprint density at radius 2 is 1.65 bits per heavy atom. The molecule has 0 aromatic heterocycles. The van der Waals surface area contributed by atoms with E-state index in [1.807, 2.05) is 12.1 Å². The lowest BCUT2D eigenvalue weighted by molar-refractivity contribution is 0.288. The molecule has 0 aliphatic heterocycles.